The van der Waals surface area contributed by atoms with Crippen molar-refractivity contribution in [3.05, 3.63) is 0 Å². The molecule has 1 saturated heterocycles. The van der Waals surface area contributed by atoms with Gasteiger partial charge in [-0.1, -0.05) is 13.3 Å². The lowest BCUT2D eigenvalue weighted by Crippen LogP contribution is -2.51. The van der Waals surface area contributed by atoms with Crippen molar-refractivity contribution >= 4 is 5.91 Å². The van der Waals surface area contributed by atoms with Crippen LogP contribution in [0, 0.1) is 11.8 Å². The molecule has 1 aliphatic heterocycles. The van der Waals surface area contributed by atoms with Crippen molar-refractivity contribution < 1.29 is 9.53 Å². The molecule has 1 saturated carbocycles. The lowest BCUT2D eigenvalue weighted by Gasteiger charge is -2.37. The normalized spacial score (nSPS) is 34.0. The predicted molar refractivity (Wildman–Crippen MR) is 66.5 cm³/mol. The second-order valence-corrected chi connectivity index (χ2v) is 5.20. The summed E-state index contributed by atoms with van der Waals surface area (Å²) < 4.78 is 5.45. The summed E-state index contributed by atoms with van der Waals surface area (Å²) in [4.78, 5) is 14.6. The third-order valence-electron chi connectivity index (χ3n) is 4.26. The maximum Gasteiger partial charge on any atom is 0.226 e. The first-order valence-corrected chi connectivity index (χ1v) is 6.86. The third kappa shape index (κ3) is 2.63. The molecule has 0 aromatic carbocycles. The average molecular weight is 240 g/mol. The molecule has 4 nitrogen and oxygen atoms in total. The summed E-state index contributed by atoms with van der Waals surface area (Å²) in [5.74, 6) is 0.906. The van der Waals surface area contributed by atoms with Gasteiger partial charge in [0, 0.05) is 12.5 Å². The molecule has 4 heteroatoms. The van der Waals surface area contributed by atoms with E-state index >= 15 is 0 Å². The van der Waals surface area contributed by atoms with E-state index in [1.54, 1.807) is 0 Å². The first-order valence-electron chi connectivity index (χ1n) is 6.86. The topological polar surface area (TPSA) is 55.6 Å². The van der Waals surface area contributed by atoms with Crippen LogP contribution in [0.1, 0.15) is 32.6 Å². The van der Waals surface area contributed by atoms with E-state index in [0.29, 0.717) is 31.6 Å². The minimum Gasteiger partial charge on any atom is -0.377 e. The first kappa shape index (κ1) is 12.8. The molecule has 17 heavy (non-hydrogen) atoms. The molecule has 98 valence electrons. The Kier molecular flexibility index (Phi) is 4.40. The van der Waals surface area contributed by atoms with Crippen LogP contribution < -0.4 is 5.73 Å². The molecule has 0 spiro atoms. The number of hydrogen-bond donors (Lipinski definition) is 1. The number of ether oxygens (including phenoxy) is 1. The van der Waals surface area contributed by atoms with Crippen molar-refractivity contribution in [1.29, 1.82) is 0 Å². The fourth-order valence-electron chi connectivity index (χ4n) is 3.14. The highest BCUT2D eigenvalue weighted by atomic mass is 16.5. The number of nitrogens with zero attached hydrogens (tertiary/aromatic N) is 1. The number of carbonyl (C=O) groups is 1. The van der Waals surface area contributed by atoms with E-state index in [-0.39, 0.29) is 12.0 Å². The van der Waals surface area contributed by atoms with E-state index in [9.17, 15) is 4.79 Å². The smallest absolute Gasteiger partial charge is 0.226 e. The summed E-state index contributed by atoms with van der Waals surface area (Å²) in [7, 11) is 0. The molecule has 2 aliphatic rings. The Balaban J connectivity index is 2.02. The van der Waals surface area contributed by atoms with E-state index in [4.69, 9.17) is 10.5 Å². The zero-order chi connectivity index (χ0) is 12.3. The van der Waals surface area contributed by atoms with Gasteiger partial charge in [-0.15, -0.1) is 0 Å². The maximum absolute atomic E-state index is 12.6. The van der Waals surface area contributed by atoms with Gasteiger partial charge < -0.3 is 15.4 Å². The van der Waals surface area contributed by atoms with Gasteiger partial charge in [-0.25, -0.2) is 0 Å². The number of amides is 1. The second-order valence-electron chi connectivity index (χ2n) is 5.20. The van der Waals surface area contributed by atoms with Crippen molar-refractivity contribution in [2.24, 2.45) is 17.6 Å². The summed E-state index contributed by atoms with van der Waals surface area (Å²) in [5.41, 5.74) is 5.76. The van der Waals surface area contributed by atoms with Crippen molar-refractivity contribution in [3.63, 3.8) is 0 Å². The van der Waals surface area contributed by atoms with Crippen LogP contribution in [0.4, 0.5) is 0 Å². The van der Waals surface area contributed by atoms with E-state index in [2.05, 4.69) is 6.92 Å². The van der Waals surface area contributed by atoms with Crippen LogP contribution in [0.5, 0.6) is 0 Å². The Morgan fingerprint density at radius 1 is 1.47 bits per heavy atom. The van der Waals surface area contributed by atoms with Gasteiger partial charge in [0.2, 0.25) is 5.91 Å². The number of hydrogen-bond acceptors (Lipinski definition) is 3. The molecular formula is C13H24N2O2. The Morgan fingerprint density at radius 3 is 3.00 bits per heavy atom. The van der Waals surface area contributed by atoms with Gasteiger partial charge in [-0.3, -0.25) is 4.79 Å². The Labute approximate surface area is 103 Å². The first-order chi connectivity index (χ1) is 8.27. The molecule has 2 rings (SSSR count). The number of nitrogens with two attached hydrogens (primary N) is 1. The number of rotatable bonds is 3. The predicted octanol–water partition coefficient (Wildman–Crippen LogP) is 0.999. The molecular weight excluding hydrogens is 216 g/mol. The van der Waals surface area contributed by atoms with Gasteiger partial charge in [0.25, 0.3) is 0 Å². The molecule has 2 N–H and O–H groups in total. The van der Waals surface area contributed by atoms with Gasteiger partial charge in [0.05, 0.1) is 19.3 Å². The molecule has 3 unspecified atom stereocenters. The highest BCUT2D eigenvalue weighted by Gasteiger charge is 2.37. The van der Waals surface area contributed by atoms with Gasteiger partial charge in [0.15, 0.2) is 0 Å². The molecule has 3 atom stereocenters. The molecule has 1 heterocycles. The fourth-order valence-corrected chi connectivity index (χ4v) is 3.14. The molecule has 2 fully saturated rings. The van der Waals surface area contributed by atoms with Crippen LogP contribution in [0.3, 0.4) is 0 Å². The summed E-state index contributed by atoms with van der Waals surface area (Å²) in [6.07, 6.45) is 4.27. The molecule has 0 bridgehead atoms. The van der Waals surface area contributed by atoms with Crippen LogP contribution >= 0.6 is 0 Å². The highest BCUT2D eigenvalue weighted by Crippen LogP contribution is 2.33. The molecule has 0 aromatic rings. The lowest BCUT2D eigenvalue weighted by atomic mass is 9.93. The maximum atomic E-state index is 12.6. The molecule has 0 radical (unpaired) electrons. The second kappa shape index (κ2) is 5.83. The van der Waals surface area contributed by atoms with Gasteiger partial charge in [-0.2, -0.15) is 0 Å². The standard InChI is InChI=1S/C13H24N2O2/c1-2-11-9-17-7-6-15(11)13(16)12-5-3-4-10(12)8-14/h10-12H,2-9,14H2,1H3. The van der Waals surface area contributed by atoms with E-state index in [0.717, 1.165) is 32.2 Å². The van der Waals surface area contributed by atoms with Gasteiger partial charge in [-0.05, 0) is 31.7 Å². The van der Waals surface area contributed by atoms with E-state index < -0.39 is 0 Å². The highest BCUT2D eigenvalue weighted by molar-refractivity contribution is 5.80. The molecule has 1 amide bonds. The zero-order valence-corrected chi connectivity index (χ0v) is 10.7. The minimum atomic E-state index is 0.173. The largest absolute Gasteiger partial charge is 0.377 e. The fraction of sp³-hybridized carbons (Fsp3) is 0.923. The average Bonchev–Trinajstić information content (AvgIpc) is 2.86. The zero-order valence-electron chi connectivity index (χ0n) is 10.7. The van der Waals surface area contributed by atoms with E-state index in [1.807, 2.05) is 4.90 Å². The van der Waals surface area contributed by atoms with Crippen molar-refractivity contribution in [2.75, 3.05) is 26.3 Å². The summed E-state index contributed by atoms with van der Waals surface area (Å²) in [6.45, 7) is 4.90. The van der Waals surface area contributed by atoms with Crippen molar-refractivity contribution in [1.82, 2.24) is 4.90 Å². The van der Waals surface area contributed by atoms with Gasteiger partial charge in [0.1, 0.15) is 0 Å². The summed E-state index contributed by atoms with van der Waals surface area (Å²) in [6, 6.07) is 0.273. The van der Waals surface area contributed by atoms with Crippen LogP contribution in [0.15, 0.2) is 0 Å². The van der Waals surface area contributed by atoms with Crippen LogP contribution in [-0.4, -0.2) is 43.2 Å². The SMILES string of the molecule is CCC1COCCN1C(=O)C1CCCC1CN. The number of morpholine rings is 1. The summed E-state index contributed by atoms with van der Waals surface area (Å²) >= 11 is 0. The number of carbonyl (C=O) groups excluding carboxylic acids is 1. The molecule has 0 aromatic heterocycles. The van der Waals surface area contributed by atoms with E-state index in [1.165, 1.54) is 0 Å². The van der Waals surface area contributed by atoms with Crippen LogP contribution in [0.25, 0.3) is 0 Å². The third-order valence-corrected chi connectivity index (χ3v) is 4.26. The van der Waals surface area contributed by atoms with Crippen molar-refractivity contribution in [2.45, 2.75) is 38.6 Å². The van der Waals surface area contributed by atoms with Gasteiger partial charge >= 0.3 is 0 Å². The lowest BCUT2D eigenvalue weighted by molar-refractivity contribution is -0.145. The Bertz CT molecular complexity index is 270. The monoisotopic (exact) mass is 240 g/mol. The minimum absolute atomic E-state index is 0.173. The van der Waals surface area contributed by atoms with Crippen LogP contribution in [0.2, 0.25) is 0 Å². The molecule has 1 aliphatic carbocycles. The van der Waals surface area contributed by atoms with Crippen LogP contribution in [-0.2, 0) is 9.53 Å². The Morgan fingerprint density at radius 2 is 2.29 bits per heavy atom. The Hall–Kier alpha value is -0.610. The summed E-state index contributed by atoms with van der Waals surface area (Å²) in [5, 5.41) is 0. The van der Waals surface area contributed by atoms with Crippen molar-refractivity contribution in [3.8, 4) is 0 Å². The quantitative estimate of drug-likeness (QED) is 0.800.